The normalized spacial score (nSPS) is 27.2. The van der Waals surface area contributed by atoms with E-state index in [0.717, 1.165) is 37.9 Å². The molecule has 2 rings (SSSR count). The fraction of sp³-hybridized carbons (Fsp3) is 0.846. The molecule has 0 aromatic rings. The molecule has 0 bridgehead atoms. The summed E-state index contributed by atoms with van der Waals surface area (Å²) < 4.78 is 0. The minimum Gasteiger partial charge on any atom is -0.327 e. The molecule has 18 heavy (non-hydrogen) atoms. The second kappa shape index (κ2) is 6.06. The molecular weight excluding hydrogens is 248 g/mol. The van der Waals surface area contributed by atoms with Crippen LogP contribution < -0.4 is 5.73 Å². The summed E-state index contributed by atoms with van der Waals surface area (Å²) in [6, 6.07) is 0.300. The quantitative estimate of drug-likeness (QED) is 0.770. The molecule has 4 nitrogen and oxygen atoms in total. The Bertz CT molecular complexity index is 329. The van der Waals surface area contributed by atoms with Crippen molar-refractivity contribution in [3.8, 4) is 0 Å². The Morgan fingerprint density at radius 3 is 2.67 bits per heavy atom. The zero-order valence-corrected chi connectivity index (χ0v) is 11.7. The van der Waals surface area contributed by atoms with Gasteiger partial charge in [0.25, 0.3) is 0 Å². The first kappa shape index (κ1) is 13.9. The van der Waals surface area contributed by atoms with Gasteiger partial charge in [0.15, 0.2) is 0 Å². The van der Waals surface area contributed by atoms with E-state index in [1.54, 1.807) is 16.7 Å². The van der Waals surface area contributed by atoms with E-state index in [2.05, 4.69) is 0 Å². The molecule has 0 aromatic heterocycles. The van der Waals surface area contributed by atoms with E-state index in [4.69, 9.17) is 5.73 Å². The van der Waals surface area contributed by atoms with Crippen LogP contribution in [0.2, 0.25) is 0 Å². The van der Waals surface area contributed by atoms with Crippen molar-refractivity contribution in [2.24, 2.45) is 5.73 Å². The summed E-state index contributed by atoms with van der Waals surface area (Å²) in [5.74, 6) is 0.813. The second-order valence-corrected chi connectivity index (χ2v) is 6.47. The summed E-state index contributed by atoms with van der Waals surface area (Å²) in [6.45, 7) is 2.04. The topological polar surface area (TPSA) is 63.4 Å². The van der Waals surface area contributed by atoms with E-state index in [1.807, 2.05) is 6.92 Å². The van der Waals surface area contributed by atoms with Crippen molar-refractivity contribution < 1.29 is 9.59 Å². The third-order valence-electron chi connectivity index (χ3n) is 3.87. The molecule has 0 spiro atoms. The van der Waals surface area contributed by atoms with Gasteiger partial charge in [-0.05, 0) is 19.3 Å². The molecule has 2 aliphatic rings. The average Bonchev–Trinajstić information content (AvgIpc) is 2.95. The smallest absolute Gasteiger partial charge is 0.243 e. The third kappa shape index (κ3) is 2.88. The minimum absolute atomic E-state index is 0.0227. The van der Waals surface area contributed by atoms with Crippen LogP contribution in [0.1, 0.15) is 45.4 Å². The lowest BCUT2D eigenvalue weighted by atomic mass is 10.2. The number of amides is 2. The van der Waals surface area contributed by atoms with Crippen molar-refractivity contribution >= 4 is 23.6 Å². The van der Waals surface area contributed by atoms with Crippen molar-refractivity contribution in [2.45, 2.75) is 62.8 Å². The Morgan fingerprint density at radius 1 is 1.39 bits per heavy atom. The molecule has 1 aliphatic carbocycles. The number of nitrogens with zero attached hydrogens (tertiary/aromatic N) is 1. The van der Waals surface area contributed by atoms with Gasteiger partial charge in [-0.25, -0.2) is 0 Å². The maximum absolute atomic E-state index is 12.2. The van der Waals surface area contributed by atoms with E-state index in [0.29, 0.717) is 6.42 Å². The van der Waals surface area contributed by atoms with Crippen molar-refractivity contribution in [2.75, 3.05) is 5.75 Å². The molecule has 2 atom stereocenters. The van der Waals surface area contributed by atoms with Crippen LogP contribution in [0.4, 0.5) is 0 Å². The first-order valence-electron chi connectivity index (χ1n) is 6.86. The number of thioether (sulfide) groups is 1. The molecule has 0 aromatic carbocycles. The van der Waals surface area contributed by atoms with E-state index in [-0.39, 0.29) is 29.1 Å². The standard InChI is InChI=1S/C13H22N2O2S/c1-2-9(14)8-18-11-7-12(16)15(13(11)17)10-5-3-4-6-10/h9-11H,2-8,14H2,1H3. The zero-order valence-electron chi connectivity index (χ0n) is 10.9. The zero-order chi connectivity index (χ0) is 13.1. The summed E-state index contributed by atoms with van der Waals surface area (Å²) >= 11 is 1.55. The van der Waals surface area contributed by atoms with Gasteiger partial charge >= 0.3 is 0 Å². The summed E-state index contributed by atoms with van der Waals surface area (Å²) in [6.07, 6.45) is 5.54. The highest BCUT2D eigenvalue weighted by atomic mass is 32.2. The van der Waals surface area contributed by atoms with Crippen LogP contribution in [-0.2, 0) is 9.59 Å². The highest BCUT2D eigenvalue weighted by Gasteiger charge is 2.43. The lowest BCUT2D eigenvalue weighted by Crippen LogP contribution is -2.39. The maximum atomic E-state index is 12.2. The fourth-order valence-corrected chi connectivity index (χ4v) is 3.89. The summed E-state index contributed by atoms with van der Waals surface area (Å²) in [5, 5.41) is -0.185. The van der Waals surface area contributed by atoms with Gasteiger partial charge in [0.1, 0.15) is 0 Å². The van der Waals surface area contributed by atoms with Crippen LogP contribution in [0, 0.1) is 0 Å². The highest BCUT2D eigenvalue weighted by Crippen LogP contribution is 2.32. The van der Waals surface area contributed by atoms with Gasteiger partial charge < -0.3 is 5.73 Å². The van der Waals surface area contributed by atoms with Gasteiger partial charge in [-0.15, -0.1) is 11.8 Å². The number of hydrogen-bond acceptors (Lipinski definition) is 4. The van der Waals surface area contributed by atoms with Crippen LogP contribution in [0.5, 0.6) is 0 Å². The van der Waals surface area contributed by atoms with Gasteiger partial charge in [0.05, 0.1) is 5.25 Å². The van der Waals surface area contributed by atoms with Gasteiger partial charge in [0, 0.05) is 24.3 Å². The highest BCUT2D eigenvalue weighted by molar-refractivity contribution is 8.00. The molecule has 2 unspecified atom stereocenters. The number of carbonyl (C=O) groups is 2. The minimum atomic E-state index is -0.185. The summed E-state index contributed by atoms with van der Waals surface area (Å²) in [5.41, 5.74) is 5.86. The van der Waals surface area contributed by atoms with Gasteiger partial charge in [-0.2, -0.15) is 0 Å². The number of rotatable bonds is 5. The Kier molecular flexibility index (Phi) is 4.67. The number of nitrogens with two attached hydrogens (primary N) is 1. The largest absolute Gasteiger partial charge is 0.327 e. The lowest BCUT2D eigenvalue weighted by Gasteiger charge is -2.22. The monoisotopic (exact) mass is 270 g/mol. The average molecular weight is 270 g/mol. The number of carbonyl (C=O) groups excluding carboxylic acids is 2. The predicted molar refractivity (Wildman–Crippen MR) is 73.2 cm³/mol. The van der Waals surface area contributed by atoms with Crippen molar-refractivity contribution in [1.82, 2.24) is 4.90 Å². The lowest BCUT2D eigenvalue weighted by molar-refractivity contribution is -0.140. The van der Waals surface area contributed by atoms with Gasteiger partial charge in [-0.1, -0.05) is 19.8 Å². The molecular formula is C13H22N2O2S. The first-order valence-corrected chi connectivity index (χ1v) is 7.91. The number of imide groups is 1. The van der Waals surface area contributed by atoms with Crippen LogP contribution in [0.25, 0.3) is 0 Å². The Balaban J connectivity index is 1.91. The Labute approximate surface area is 113 Å². The fourth-order valence-electron chi connectivity index (χ4n) is 2.66. The molecule has 1 saturated heterocycles. The molecule has 1 aliphatic heterocycles. The summed E-state index contributed by atoms with van der Waals surface area (Å²) in [7, 11) is 0. The van der Waals surface area contributed by atoms with Crippen molar-refractivity contribution in [1.29, 1.82) is 0 Å². The molecule has 2 N–H and O–H groups in total. The molecule has 1 heterocycles. The Hall–Kier alpha value is -0.550. The second-order valence-electron chi connectivity index (χ2n) is 5.23. The maximum Gasteiger partial charge on any atom is 0.243 e. The van der Waals surface area contributed by atoms with Crippen molar-refractivity contribution in [3.05, 3.63) is 0 Å². The molecule has 102 valence electrons. The number of hydrogen-bond donors (Lipinski definition) is 1. The van der Waals surface area contributed by atoms with Gasteiger partial charge in [-0.3, -0.25) is 14.5 Å². The van der Waals surface area contributed by atoms with Crippen LogP contribution in [0.15, 0.2) is 0 Å². The predicted octanol–water partition coefficient (Wildman–Crippen LogP) is 1.53. The van der Waals surface area contributed by atoms with E-state index >= 15 is 0 Å². The Morgan fingerprint density at radius 2 is 2.06 bits per heavy atom. The van der Waals surface area contributed by atoms with Crippen LogP contribution >= 0.6 is 11.8 Å². The first-order chi connectivity index (χ1) is 8.63. The van der Waals surface area contributed by atoms with E-state index in [1.165, 1.54) is 0 Å². The van der Waals surface area contributed by atoms with Gasteiger partial charge in [0.2, 0.25) is 11.8 Å². The molecule has 1 saturated carbocycles. The molecule has 5 heteroatoms. The molecule has 2 fully saturated rings. The van der Waals surface area contributed by atoms with E-state index < -0.39 is 0 Å². The van der Waals surface area contributed by atoms with Crippen LogP contribution in [-0.4, -0.2) is 39.8 Å². The van der Waals surface area contributed by atoms with Crippen LogP contribution in [0.3, 0.4) is 0 Å². The molecule has 0 radical (unpaired) electrons. The SMILES string of the molecule is CCC(N)CSC1CC(=O)N(C2CCCC2)C1=O. The van der Waals surface area contributed by atoms with Crippen molar-refractivity contribution in [3.63, 3.8) is 0 Å². The third-order valence-corrected chi connectivity index (χ3v) is 5.26. The van der Waals surface area contributed by atoms with E-state index in [9.17, 15) is 9.59 Å². The number of likely N-dealkylation sites (tertiary alicyclic amines) is 1. The molecule has 2 amide bonds. The summed E-state index contributed by atoms with van der Waals surface area (Å²) in [4.78, 5) is 25.7.